The number of carbonyl (C=O) groups excluding carboxylic acids is 1. The quantitative estimate of drug-likeness (QED) is 0.457. The van der Waals surface area contributed by atoms with Gasteiger partial charge in [-0.05, 0) is 42.2 Å². The molecule has 0 radical (unpaired) electrons. The molecule has 2 aromatic rings. The molecule has 6 nitrogen and oxygen atoms in total. The van der Waals surface area contributed by atoms with Gasteiger partial charge in [0.25, 0.3) is 5.60 Å². The van der Waals surface area contributed by atoms with Crippen molar-refractivity contribution in [1.82, 2.24) is 10.2 Å². The maximum absolute atomic E-state index is 14.3. The Morgan fingerprint density at radius 3 is 1.93 bits per heavy atom. The van der Waals surface area contributed by atoms with Gasteiger partial charge in [-0.15, -0.1) is 0 Å². The van der Waals surface area contributed by atoms with Gasteiger partial charge >= 0.3 is 24.6 Å². The Bertz CT molecular complexity index is 1310. The number of urea groups is 1. The summed E-state index contributed by atoms with van der Waals surface area (Å²) in [6.45, 7) is -0.0492. The summed E-state index contributed by atoms with van der Waals surface area (Å²) < 4.78 is 123. The molecule has 1 atom stereocenters. The molecule has 2 fully saturated rings. The molecule has 0 spiro atoms. The van der Waals surface area contributed by atoms with Gasteiger partial charge in [0, 0.05) is 18.0 Å². The van der Waals surface area contributed by atoms with Crippen LogP contribution >= 0.6 is 0 Å². The van der Waals surface area contributed by atoms with E-state index < -0.39 is 52.8 Å². The van der Waals surface area contributed by atoms with Crippen molar-refractivity contribution in [3.63, 3.8) is 0 Å². The number of likely N-dealkylation sites (tertiary alicyclic amines) is 1. The Morgan fingerprint density at radius 2 is 1.45 bits per heavy atom. The number of nitrogens with one attached hydrogen (secondary N) is 1. The van der Waals surface area contributed by atoms with Crippen LogP contribution in [-0.4, -0.2) is 47.1 Å². The molecule has 2 heterocycles. The Kier molecular flexibility index (Phi) is 6.32. The second kappa shape index (κ2) is 9.01. The average molecular weight is 581 g/mol. The molecule has 2 aromatic carbocycles. The number of rotatable bonds is 4. The van der Waals surface area contributed by atoms with Crippen LogP contribution in [0, 0.1) is 0 Å². The van der Waals surface area contributed by atoms with Crippen molar-refractivity contribution in [2.75, 3.05) is 13.1 Å². The van der Waals surface area contributed by atoms with Crippen molar-refractivity contribution in [3.05, 3.63) is 70.3 Å². The first-order valence-electron chi connectivity index (χ1n) is 11.9. The number of hydrogen-bond acceptors (Lipinski definition) is 4. The minimum Gasteiger partial charge on any atom is -0.381 e. The number of nitrogens with zero attached hydrogens (tertiary/aromatic N) is 2. The van der Waals surface area contributed by atoms with Crippen molar-refractivity contribution < 1.29 is 54.3 Å². The number of carbonyl (C=O) groups is 1. The van der Waals surface area contributed by atoms with Gasteiger partial charge in [0.05, 0.1) is 29.9 Å². The maximum atomic E-state index is 14.3. The summed E-state index contributed by atoms with van der Waals surface area (Å²) in [5, 5.41) is 17.0. The van der Waals surface area contributed by atoms with Gasteiger partial charge in [0.15, 0.2) is 0 Å². The first kappa shape index (κ1) is 28.1. The summed E-state index contributed by atoms with van der Waals surface area (Å²) in [5.74, 6) is 0. The van der Waals surface area contributed by atoms with E-state index in [0.29, 0.717) is 5.56 Å². The highest BCUT2D eigenvalue weighted by Crippen LogP contribution is 2.51. The lowest BCUT2D eigenvalue weighted by molar-refractivity contribution is -0.276. The van der Waals surface area contributed by atoms with Crippen molar-refractivity contribution >= 4 is 11.7 Å². The summed E-state index contributed by atoms with van der Waals surface area (Å²) in [4.78, 5) is 18.1. The maximum Gasteiger partial charge on any atom is 0.435 e. The topological polar surface area (TPSA) is 74.2 Å². The number of amides is 2. The van der Waals surface area contributed by atoms with Gasteiger partial charge < -0.3 is 20.2 Å². The zero-order chi connectivity index (χ0) is 29.3. The van der Waals surface area contributed by atoms with E-state index >= 15 is 0 Å². The number of benzene rings is 2. The molecular weight excluding hydrogens is 561 g/mol. The molecule has 2 N–H and O–H groups in total. The molecule has 15 heteroatoms. The molecule has 1 saturated carbocycles. The van der Waals surface area contributed by atoms with Crippen LogP contribution in [0.15, 0.2) is 47.6 Å². The van der Waals surface area contributed by atoms with Crippen LogP contribution in [0.1, 0.15) is 47.1 Å². The molecule has 0 aromatic heterocycles. The number of oxime groups is 1. The standard InChI is InChI=1S/C25H20F9N3O3/c26-23(27,28)16-7-15(8-17(9-16)24(29,30)31)22(25(32,33)34)10-19(36-40-22)13-1-3-14(4-2-13)21(39)11-37(12-21)20(38)35-18-5-6-18/h1-4,7-9,18,39H,5-6,10-12H2,(H,35,38). The largest absolute Gasteiger partial charge is 0.435 e. The summed E-state index contributed by atoms with van der Waals surface area (Å²) >= 11 is 0. The van der Waals surface area contributed by atoms with Crippen molar-refractivity contribution in [3.8, 4) is 0 Å². The lowest BCUT2D eigenvalue weighted by Gasteiger charge is -2.46. The van der Waals surface area contributed by atoms with E-state index in [9.17, 15) is 49.4 Å². The molecule has 2 amide bonds. The summed E-state index contributed by atoms with van der Waals surface area (Å²) in [6, 6.07) is 4.82. The molecule has 2 aliphatic heterocycles. The summed E-state index contributed by atoms with van der Waals surface area (Å²) in [5.41, 5.74) is -10.2. The van der Waals surface area contributed by atoms with Gasteiger partial charge in [0.2, 0.25) is 0 Å². The first-order valence-corrected chi connectivity index (χ1v) is 11.9. The van der Waals surface area contributed by atoms with Crippen molar-refractivity contribution in [1.29, 1.82) is 0 Å². The Balaban J connectivity index is 1.39. The predicted octanol–water partition coefficient (Wildman–Crippen LogP) is 5.68. The fourth-order valence-electron chi connectivity index (χ4n) is 4.62. The monoisotopic (exact) mass is 581 g/mol. The fourth-order valence-corrected chi connectivity index (χ4v) is 4.62. The minimum atomic E-state index is -5.45. The molecule has 0 bridgehead atoms. The number of halogens is 9. The van der Waals surface area contributed by atoms with Crippen molar-refractivity contribution in [2.24, 2.45) is 5.16 Å². The van der Waals surface area contributed by atoms with E-state index in [1.54, 1.807) is 0 Å². The summed E-state index contributed by atoms with van der Waals surface area (Å²) in [7, 11) is 0. The zero-order valence-electron chi connectivity index (χ0n) is 20.2. The Morgan fingerprint density at radius 1 is 0.900 bits per heavy atom. The molecular formula is C25H20F9N3O3. The van der Waals surface area contributed by atoms with Crippen LogP contribution in [0.25, 0.3) is 0 Å². The van der Waals surface area contributed by atoms with E-state index in [2.05, 4.69) is 15.3 Å². The fraction of sp³-hybridized carbons (Fsp3) is 0.440. The van der Waals surface area contributed by atoms with E-state index in [0.717, 1.165) is 12.8 Å². The summed E-state index contributed by atoms with van der Waals surface area (Å²) in [6.07, 6.45) is -15.6. The molecule has 1 aliphatic carbocycles. The minimum absolute atomic E-state index is 0.0246. The van der Waals surface area contributed by atoms with Gasteiger partial charge in [-0.1, -0.05) is 29.4 Å². The number of alkyl halides is 9. The van der Waals surface area contributed by atoms with E-state index in [1.165, 1.54) is 29.2 Å². The van der Waals surface area contributed by atoms with Crippen LogP contribution in [0.4, 0.5) is 44.3 Å². The Hall–Kier alpha value is -3.49. The normalized spacial score (nSPS) is 22.9. The van der Waals surface area contributed by atoms with Gasteiger partial charge in [-0.2, -0.15) is 39.5 Å². The van der Waals surface area contributed by atoms with E-state index in [-0.39, 0.29) is 54.6 Å². The van der Waals surface area contributed by atoms with Gasteiger partial charge in [0.1, 0.15) is 5.60 Å². The highest BCUT2D eigenvalue weighted by Gasteiger charge is 2.63. The van der Waals surface area contributed by atoms with Gasteiger partial charge in [-0.3, -0.25) is 0 Å². The van der Waals surface area contributed by atoms with Gasteiger partial charge in [-0.25, -0.2) is 4.79 Å². The number of β-amino-alcohol motifs (C(OH)–C–C–N with tert-alkyl or cyclic N) is 1. The number of aliphatic hydroxyl groups is 1. The average Bonchev–Trinajstić information content (AvgIpc) is 3.52. The van der Waals surface area contributed by atoms with Crippen LogP contribution < -0.4 is 5.32 Å². The zero-order valence-corrected chi connectivity index (χ0v) is 20.2. The van der Waals surface area contributed by atoms with Crippen LogP contribution in [0.2, 0.25) is 0 Å². The number of hydrogen-bond donors (Lipinski definition) is 2. The highest BCUT2D eigenvalue weighted by atomic mass is 19.4. The molecule has 3 aliphatic rings. The van der Waals surface area contributed by atoms with Crippen LogP contribution in [0.3, 0.4) is 0 Å². The third kappa shape index (κ3) is 5.06. The van der Waals surface area contributed by atoms with E-state index in [4.69, 9.17) is 0 Å². The third-order valence-corrected chi connectivity index (χ3v) is 7.09. The Labute approximate surface area is 220 Å². The first-order chi connectivity index (χ1) is 18.4. The third-order valence-electron chi connectivity index (χ3n) is 7.09. The lowest BCUT2D eigenvalue weighted by Crippen LogP contribution is -2.63. The lowest BCUT2D eigenvalue weighted by atomic mass is 9.83. The smallest absolute Gasteiger partial charge is 0.381 e. The molecule has 5 rings (SSSR count). The molecule has 1 unspecified atom stereocenters. The van der Waals surface area contributed by atoms with Crippen LogP contribution in [0.5, 0.6) is 0 Å². The van der Waals surface area contributed by atoms with Crippen molar-refractivity contribution in [2.45, 2.75) is 55.0 Å². The molecule has 216 valence electrons. The SMILES string of the molecule is O=C(NC1CC1)N1CC(O)(c2ccc(C3=NOC(c4cc(C(F)(F)F)cc(C(F)(F)F)c4)(C(F)(F)F)C3)cc2)C1. The second-order valence-corrected chi connectivity index (χ2v) is 10.1. The van der Waals surface area contributed by atoms with E-state index in [1.807, 2.05) is 0 Å². The van der Waals surface area contributed by atoms with Crippen LogP contribution in [-0.2, 0) is 28.4 Å². The second-order valence-electron chi connectivity index (χ2n) is 10.1. The molecule has 40 heavy (non-hydrogen) atoms. The predicted molar refractivity (Wildman–Crippen MR) is 120 cm³/mol. The molecule has 1 saturated heterocycles. The highest BCUT2D eigenvalue weighted by molar-refractivity contribution is 6.02.